The van der Waals surface area contributed by atoms with E-state index in [1.54, 1.807) is 18.5 Å². The van der Waals surface area contributed by atoms with Crippen molar-refractivity contribution >= 4 is 0 Å². The fraction of sp³-hybridized carbons (Fsp3) is 0.267. The fourth-order valence-electron chi connectivity index (χ4n) is 1.69. The summed E-state index contributed by atoms with van der Waals surface area (Å²) in [6.45, 7) is 5.71. The molecule has 0 atom stereocenters. The van der Waals surface area contributed by atoms with Crippen molar-refractivity contribution in [1.29, 1.82) is 5.26 Å². The fourth-order valence-corrected chi connectivity index (χ4v) is 1.69. The first-order valence-electron chi connectivity index (χ1n) is 6.10. The minimum atomic E-state index is 0.0246. The third-order valence-electron chi connectivity index (χ3n) is 2.58. The molecule has 1 aromatic heterocycles. The van der Waals surface area contributed by atoms with E-state index in [9.17, 15) is 0 Å². The van der Waals surface area contributed by atoms with E-state index < -0.39 is 0 Å². The second-order valence-electron chi connectivity index (χ2n) is 4.51. The number of aromatic nitrogens is 2. The van der Waals surface area contributed by atoms with Crippen LogP contribution in [0.1, 0.15) is 25.2 Å². The van der Waals surface area contributed by atoms with E-state index in [-0.39, 0.29) is 6.10 Å². The monoisotopic (exact) mass is 253 g/mol. The highest BCUT2D eigenvalue weighted by Crippen LogP contribution is 2.27. The summed E-state index contributed by atoms with van der Waals surface area (Å²) in [5.74, 6) is 1.33. The number of ether oxygens (including phenoxy) is 1. The van der Waals surface area contributed by atoms with Gasteiger partial charge in [0.15, 0.2) is 0 Å². The Balaban J connectivity index is 2.43. The van der Waals surface area contributed by atoms with Crippen LogP contribution in [0.2, 0.25) is 0 Å². The second kappa shape index (κ2) is 5.49. The van der Waals surface area contributed by atoms with Crippen LogP contribution in [0.15, 0.2) is 30.6 Å². The predicted molar refractivity (Wildman–Crippen MR) is 72.7 cm³/mol. The Morgan fingerprint density at radius 3 is 2.42 bits per heavy atom. The molecule has 0 bridgehead atoms. The zero-order valence-electron chi connectivity index (χ0n) is 11.2. The van der Waals surface area contributed by atoms with Crippen LogP contribution in [0.4, 0.5) is 0 Å². The lowest BCUT2D eigenvalue weighted by atomic mass is 10.1. The number of aryl methyl sites for hydroxylation is 1. The van der Waals surface area contributed by atoms with Crippen LogP contribution in [-0.2, 0) is 0 Å². The lowest BCUT2D eigenvalue weighted by Gasteiger charge is -2.12. The number of hydrogen-bond donors (Lipinski definition) is 0. The van der Waals surface area contributed by atoms with Gasteiger partial charge in [-0.1, -0.05) is 6.07 Å². The molecule has 0 aliphatic carbocycles. The quantitative estimate of drug-likeness (QED) is 0.843. The van der Waals surface area contributed by atoms with E-state index >= 15 is 0 Å². The van der Waals surface area contributed by atoms with Crippen molar-refractivity contribution in [2.45, 2.75) is 26.9 Å². The van der Waals surface area contributed by atoms with Gasteiger partial charge in [0.05, 0.1) is 11.7 Å². The maximum atomic E-state index is 9.07. The van der Waals surface area contributed by atoms with Gasteiger partial charge in [0.25, 0.3) is 0 Å². The van der Waals surface area contributed by atoms with Crippen molar-refractivity contribution in [3.8, 4) is 22.9 Å². The van der Waals surface area contributed by atoms with E-state index in [4.69, 9.17) is 10.00 Å². The van der Waals surface area contributed by atoms with Crippen LogP contribution in [0.25, 0.3) is 11.1 Å². The molecule has 0 aliphatic heterocycles. The molecule has 96 valence electrons. The van der Waals surface area contributed by atoms with E-state index in [1.807, 2.05) is 32.9 Å². The van der Waals surface area contributed by atoms with E-state index in [2.05, 4.69) is 16.0 Å². The van der Waals surface area contributed by atoms with Crippen molar-refractivity contribution in [2.24, 2.45) is 0 Å². The molecule has 0 N–H and O–H groups in total. The Bertz CT molecular complexity index is 612. The van der Waals surface area contributed by atoms with Gasteiger partial charge in [-0.15, -0.1) is 0 Å². The average Bonchev–Trinajstić information content (AvgIpc) is 2.39. The van der Waals surface area contributed by atoms with Gasteiger partial charge < -0.3 is 4.74 Å². The van der Waals surface area contributed by atoms with Gasteiger partial charge in [-0.25, -0.2) is 9.97 Å². The van der Waals surface area contributed by atoms with Crippen molar-refractivity contribution in [3.63, 3.8) is 0 Å². The van der Waals surface area contributed by atoms with E-state index in [0.717, 1.165) is 17.0 Å². The molecule has 0 radical (unpaired) electrons. The van der Waals surface area contributed by atoms with E-state index in [0.29, 0.717) is 11.3 Å². The molecule has 0 aliphatic rings. The molecule has 0 saturated carbocycles. The molecule has 4 nitrogen and oxygen atoms in total. The highest BCUT2D eigenvalue weighted by atomic mass is 16.5. The molecule has 0 amide bonds. The Kier molecular flexibility index (Phi) is 3.76. The van der Waals surface area contributed by atoms with Crippen molar-refractivity contribution in [3.05, 3.63) is 42.0 Å². The topological polar surface area (TPSA) is 58.8 Å². The van der Waals surface area contributed by atoms with Gasteiger partial charge in [0, 0.05) is 18.0 Å². The summed E-state index contributed by atoms with van der Waals surface area (Å²) in [4.78, 5) is 8.34. The summed E-state index contributed by atoms with van der Waals surface area (Å²) in [7, 11) is 0. The molecule has 4 heteroatoms. The van der Waals surface area contributed by atoms with Gasteiger partial charge >= 0.3 is 0 Å². The van der Waals surface area contributed by atoms with Crippen molar-refractivity contribution < 1.29 is 4.74 Å². The number of nitriles is 1. The van der Waals surface area contributed by atoms with Gasteiger partial charge in [0.2, 0.25) is 0 Å². The summed E-state index contributed by atoms with van der Waals surface area (Å²) in [6, 6.07) is 7.62. The lowest BCUT2D eigenvalue weighted by Crippen LogP contribution is -2.06. The first-order chi connectivity index (χ1) is 9.10. The lowest BCUT2D eigenvalue weighted by molar-refractivity contribution is 0.242. The molecule has 0 unspecified atom stereocenters. The minimum absolute atomic E-state index is 0.0246. The third kappa shape index (κ3) is 3.08. The number of hydrogen-bond acceptors (Lipinski definition) is 4. The van der Waals surface area contributed by atoms with Crippen LogP contribution >= 0.6 is 0 Å². The standard InChI is InChI=1S/C15H15N3O/c1-10(2)19-15-6-12(4-5-13(15)7-16)14-8-17-11(3)18-9-14/h4-6,8-10H,1-3H3. The average molecular weight is 253 g/mol. The SMILES string of the molecule is Cc1ncc(-c2ccc(C#N)c(OC(C)C)c2)cn1. The summed E-state index contributed by atoms with van der Waals surface area (Å²) in [6.07, 6.45) is 3.56. The molecular formula is C15H15N3O. The molecule has 0 spiro atoms. The van der Waals surface area contributed by atoms with Crippen LogP contribution in [0.3, 0.4) is 0 Å². The first kappa shape index (κ1) is 13.0. The maximum absolute atomic E-state index is 9.07. The molecular weight excluding hydrogens is 238 g/mol. The number of benzene rings is 1. The van der Waals surface area contributed by atoms with Gasteiger partial charge in [-0.3, -0.25) is 0 Å². The molecule has 0 saturated heterocycles. The largest absolute Gasteiger partial charge is 0.490 e. The zero-order chi connectivity index (χ0) is 13.8. The maximum Gasteiger partial charge on any atom is 0.138 e. The highest BCUT2D eigenvalue weighted by Gasteiger charge is 2.08. The number of nitrogens with zero attached hydrogens (tertiary/aromatic N) is 3. The smallest absolute Gasteiger partial charge is 0.138 e. The van der Waals surface area contributed by atoms with Crippen molar-refractivity contribution in [1.82, 2.24) is 9.97 Å². The zero-order valence-corrected chi connectivity index (χ0v) is 11.2. The van der Waals surface area contributed by atoms with Crippen LogP contribution in [0.5, 0.6) is 5.75 Å². The highest BCUT2D eigenvalue weighted by molar-refractivity contribution is 5.65. The summed E-state index contributed by atoms with van der Waals surface area (Å²) in [5, 5.41) is 9.07. The normalized spacial score (nSPS) is 10.3. The Morgan fingerprint density at radius 2 is 1.84 bits per heavy atom. The van der Waals surface area contributed by atoms with Crippen LogP contribution in [-0.4, -0.2) is 16.1 Å². The Morgan fingerprint density at radius 1 is 1.16 bits per heavy atom. The minimum Gasteiger partial charge on any atom is -0.490 e. The predicted octanol–water partition coefficient (Wildman–Crippen LogP) is 3.11. The molecule has 1 aromatic carbocycles. The van der Waals surface area contributed by atoms with Gasteiger partial charge in [-0.05, 0) is 38.5 Å². The summed E-state index contributed by atoms with van der Waals surface area (Å²) < 4.78 is 5.66. The van der Waals surface area contributed by atoms with Crippen LogP contribution < -0.4 is 4.74 Å². The Labute approximate surface area is 112 Å². The van der Waals surface area contributed by atoms with E-state index in [1.165, 1.54) is 0 Å². The molecule has 1 heterocycles. The second-order valence-corrected chi connectivity index (χ2v) is 4.51. The molecule has 2 aromatic rings. The van der Waals surface area contributed by atoms with Crippen molar-refractivity contribution in [2.75, 3.05) is 0 Å². The first-order valence-corrected chi connectivity index (χ1v) is 6.10. The van der Waals surface area contributed by atoms with Gasteiger partial charge in [-0.2, -0.15) is 5.26 Å². The van der Waals surface area contributed by atoms with Crippen LogP contribution in [0, 0.1) is 18.3 Å². The molecule has 2 rings (SSSR count). The van der Waals surface area contributed by atoms with Gasteiger partial charge in [0.1, 0.15) is 17.6 Å². The Hall–Kier alpha value is -2.41. The molecule has 0 fully saturated rings. The summed E-state index contributed by atoms with van der Waals surface area (Å²) in [5.41, 5.74) is 2.38. The summed E-state index contributed by atoms with van der Waals surface area (Å²) >= 11 is 0. The number of rotatable bonds is 3. The molecule has 19 heavy (non-hydrogen) atoms. The third-order valence-corrected chi connectivity index (χ3v) is 2.58.